The molecule has 0 fully saturated rings. The van der Waals surface area contributed by atoms with E-state index in [4.69, 9.17) is 11.6 Å². The Hall–Kier alpha value is -1.09. The van der Waals surface area contributed by atoms with Crippen molar-refractivity contribution in [2.75, 3.05) is 0 Å². The Balaban J connectivity index is 2.66. The van der Waals surface area contributed by atoms with Gasteiger partial charge in [-0.1, -0.05) is 24.9 Å². The number of aryl methyl sites for hydroxylation is 2. The van der Waals surface area contributed by atoms with Crippen LogP contribution < -0.4 is 0 Å². The van der Waals surface area contributed by atoms with Crippen LogP contribution in [0, 0.1) is 6.92 Å². The van der Waals surface area contributed by atoms with Crippen LogP contribution in [0.1, 0.15) is 24.6 Å². The summed E-state index contributed by atoms with van der Waals surface area (Å²) in [5, 5.41) is 4.69. The molecule has 4 heteroatoms. The van der Waals surface area contributed by atoms with Gasteiger partial charge in [0.2, 0.25) is 0 Å². The van der Waals surface area contributed by atoms with E-state index in [0.29, 0.717) is 5.15 Å². The molecule has 0 saturated heterocycles. The lowest BCUT2D eigenvalue weighted by Gasteiger charge is -2.01. The van der Waals surface area contributed by atoms with Gasteiger partial charge < -0.3 is 0 Å². The monoisotopic (exact) mass is 209 g/mol. The molecule has 74 valence electrons. The second-order valence-corrected chi connectivity index (χ2v) is 3.78. The van der Waals surface area contributed by atoms with Crippen molar-refractivity contribution in [3.8, 4) is 0 Å². The lowest BCUT2D eigenvalue weighted by molar-refractivity contribution is 0.876. The third-order valence-corrected chi connectivity index (χ3v) is 2.30. The zero-order valence-electron chi connectivity index (χ0n) is 8.29. The van der Waals surface area contributed by atoms with Crippen LogP contribution in [0.2, 0.25) is 5.15 Å². The highest BCUT2D eigenvalue weighted by Gasteiger charge is 2.06. The number of imidazole rings is 1. The third-order valence-electron chi connectivity index (χ3n) is 2.11. The van der Waals surface area contributed by atoms with Gasteiger partial charge in [-0.3, -0.25) is 0 Å². The van der Waals surface area contributed by atoms with Gasteiger partial charge in [-0.05, 0) is 25.0 Å². The van der Waals surface area contributed by atoms with Gasteiger partial charge in [0, 0.05) is 0 Å². The van der Waals surface area contributed by atoms with E-state index >= 15 is 0 Å². The second-order valence-electron chi connectivity index (χ2n) is 3.39. The molecule has 0 unspecified atom stereocenters. The highest BCUT2D eigenvalue weighted by Crippen LogP contribution is 2.15. The summed E-state index contributed by atoms with van der Waals surface area (Å²) in [4.78, 5) is 4.41. The summed E-state index contributed by atoms with van der Waals surface area (Å²) in [7, 11) is 0. The lowest BCUT2D eigenvalue weighted by Crippen LogP contribution is -1.96. The molecule has 0 spiro atoms. The van der Waals surface area contributed by atoms with Crippen LogP contribution >= 0.6 is 11.6 Å². The van der Waals surface area contributed by atoms with Crippen LogP contribution in [-0.2, 0) is 6.42 Å². The first-order valence-electron chi connectivity index (χ1n) is 4.72. The number of fused-ring (bicyclic) bond motifs is 1. The molecule has 0 aromatic carbocycles. The van der Waals surface area contributed by atoms with E-state index in [1.54, 1.807) is 4.52 Å². The van der Waals surface area contributed by atoms with E-state index in [1.165, 1.54) is 5.56 Å². The number of aromatic nitrogens is 3. The fourth-order valence-corrected chi connectivity index (χ4v) is 1.79. The van der Waals surface area contributed by atoms with Crippen molar-refractivity contribution in [3.63, 3.8) is 0 Å². The maximum atomic E-state index is 5.91. The van der Waals surface area contributed by atoms with Gasteiger partial charge in [0.05, 0.1) is 11.9 Å². The Morgan fingerprint density at radius 1 is 1.50 bits per heavy atom. The minimum atomic E-state index is 0.526. The van der Waals surface area contributed by atoms with Crippen LogP contribution in [0.5, 0.6) is 0 Å². The average Bonchev–Trinajstić information content (AvgIpc) is 2.45. The van der Waals surface area contributed by atoms with Crippen molar-refractivity contribution in [2.24, 2.45) is 0 Å². The topological polar surface area (TPSA) is 30.2 Å². The maximum absolute atomic E-state index is 5.91. The molecule has 2 aromatic rings. The van der Waals surface area contributed by atoms with Gasteiger partial charge in [-0.25, -0.2) is 9.50 Å². The normalized spacial score (nSPS) is 11.1. The molecule has 2 rings (SSSR count). The van der Waals surface area contributed by atoms with E-state index in [0.717, 1.165) is 24.2 Å². The summed E-state index contributed by atoms with van der Waals surface area (Å²) in [5.74, 6) is 0. The third kappa shape index (κ3) is 1.60. The number of rotatable bonds is 2. The van der Waals surface area contributed by atoms with Crippen LogP contribution in [-0.4, -0.2) is 14.6 Å². The Labute approximate surface area is 87.7 Å². The molecule has 0 radical (unpaired) electrons. The summed E-state index contributed by atoms with van der Waals surface area (Å²) in [5.41, 5.74) is 3.06. The molecule has 0 aliphatic heterocycles. The molecule has 14 heavy (non-hydrogen) atoms. The summed E-state index contributed by atoms with van der Waals surface area (Å²) in [6.07, 6.45) is 3.96. The molecule has 2 heterocycles. The SMILES string of the molecule is CCCc1cc(Cl)nn2cc(C)nc12. The zero-order valence-corrected chi connectivity index (χ0v) is 9.04. The smallest absolute Gasteiger partial charge is 0.157 e. The standard InChI is InChI=1S/C10H12ClN3/c1-3-4-8-5-9(11)13-14-6-7(2)12-10(8)14/h5-6H,3-4H2,1-2H3. The molecule has 0 aliphatic rings. The highest BCUT2D eigenvalue weighted by molar-refractivity contribution is 6.29. The predicted octanol–water partition coefficient (Wildman–Crippen LogP) is 2.64. The van der Waals surface area contributed by atoms with Crippen molar-refractivity contribution < 1.29 is 0 Å². The van der Waals surface area contributed by atoms with Crippen LogP contribution in [0.4, 0.5) is 0 Å². The second kappa shape index (κ2) is 3.58. The van der Waals surface area contributed by atoms with Gasteiger partial charge in [0.1, 0.15) is 5.15 Å². The van der Waals surface area contributed by atoms with Gasteiger partial charge in [0.25, 0.3) is 0 Å². The Bertz CT molecular complexity index is 462. The Morgan fingerprint density at radius 2 is 2.29 bits per heavy atom. The Kier molecular flexibility index (Phi) is 2.42. The van der Waals surface area contributed by atoms with Crippen molar-refractivity contribution in [1.29, 1.82) is 0 Å². The van der Waals surface area contributed by atoms with Gasteiger partial charge in [-0.15, -0.1) is 0 Å². The molecule has 3 nitrogen and oxygen atoms in total. The number of hydrogen-bond acceptors (Lipinski definition) is 2. The van der Waals surface area contributed by atoms with E-state index in [2.05, 4.69) is 17.0 Å². The quantitative estimate of drug-likeness (QED) is 0.761. The summed E-state index contributed by atoms with van der Waals surface area (Å²) < 4.78 is 1.75. The van der Waals surface area contributed by atoms with Crippen molar-refractivity contribution >= 4 is 17.2 Å². The van der Waals surface area contributed by atoms with Crippen molar-refractivity contribution in [1.82, 2.24) is 14.6 Å². The summed E-state index contributed by atoms with van der Waals surface area (Å²) >= 11 is 5.91. The van der Waals surface area contributed by atoms with E-state index in [9.17, 15) is 0 Å². The first kappa shape index (κ1) is 9.46. The van der Waals surface area contributed by atoms with Crippen molar-refractivity contribution in [3.05, 3.63) is 28.7 Å². The number of halogens is 1. The molecule has 0 saturated carbocycles. The molecule has 0 N–H and O–H groups in total. The largest absolute Gasteiger partial charge is 0.232 e. The predicted molar refractivity (Wildman–Crippen MR) is 56.7 cm³/mol. The summed E-state index contributed by atoms with van der Waals surface area (Å²) in [6, 6.07) is 1.90. The van der Waals surface area contributed by atoms with E-state index < -0.39 is 0 Å². The van der Waals surface area contributed by atoms with Gasteiger partial charge >= 0.3 is 0 Å². The van der Waals surface area contributed by atoms with E-state index in [1.807, 2.05) is 19.2 Å². The Morgan fingerprint density at radius 3 is 3.00 bits per heavy atom. The highest BCUT2D eigenvalue weighted by atomic mass is 35.5. The van der Waals surface area contributed by atoms with E-state index in [-0.39, 0.29) is 0 Å². The molecule has 0 amide bonds. The lowest BCUT2D eigenvalue weighted by atomic mass is 10.2. The molecule has 0 atom stereocenters. The van der Waals surface area contributed by atoms with Crippen LogP contribution in [0.3, 0.4) is 0 Å². The number of hydrogen-bond donors (Lipinski definition) is 0. The molecule has 2 aromatic heterocycles. The molecular weight excluding hydrogens is 198 g/mol. The minimum absolute atomic E-state index is 0.526. The molecular formula is C10H12ClN3. The van der Waals surface area contributed by atoms with Gasteiger partial charge in [-0.2, -0.15) is 5.10 Å². The fourth-order valence-electron chi connectivity index (χ4n) is 1.57. The van der Waals surface area contributed by atoms with Crippen molar-refractivity contribution in [2.45, 2.75) is 26.7 Å². The van der Waals surface area contributed by atoms with Gasteiger partial charge in [0.15, 0.2) is 5.65 Å². The average molecular weight is 210 g/mol. The zero-order chi connectivity index (χ0) is 10.1. The maximum Gasteiger partial charge on any atom is 0.157 e. The van der Waals surface area contributed by atoms with Crippen LogP contribution in [0.25, 0.3) is 5.65 Å². The minimum Gasteiger partial charge on any atom is -0.232 e. The number of nitrogens with zero attached hydrogens (tertiary/aromatic N) is 3. The molecule has 0 aliphatic carbocycles. The first-order valence-corrected chi connectivity index (χ1v) is 5.10. The fraction of sp³-hybridized carbons (Fsp3) is 0.400. The molecule has 0 bridgehead atoms. The van der Waals surface area contributed by atoms with Crippen LogP contribution in [0.15, 0.2) is 12.3 Å². The first-order chi connectivity index (χ1) is 6.70. The summed E-state index contributed by atoms with van der Waals surface area (Å²) in [6.45, 7) is 4.10.